The molecule has 15 heavy (non-hydrogen) atoms. The number of hydrogen-bond acceptors (Lipinski definition) is 3. The van der Waals surface area contributed by atoms with Gasteiger partial charge >= 0.3 is 0 Å². The quantitative estimate of drug-likeness (QED) is 0.743. The zero-order chi connectivity index (χ0) is 11.4. The summed E-state index contributed by atoms with van der Waals surface area (Å²) in [5.74, 6) is 0.584. The molecule has 1 heterocycles. The van der Waals surface area contributed by atoms with E-state index in [1.807, 2.05) is 6.92 Å². The average Bonchev–Trinajstić information content (AvgIpc) is 2.39. The van der Waals surface area contributed by atoms with Crippen LogP contribution in [-0.2, 0) is 4.79 Å². The second kappa shape index (κ2) is 5.26. The second-order valence-electron chi connectivity index (χ2n) is 4.54. The Labute approximate surface area is 91.5 Å². The van der Waals surface area contributed by atoms with E-state index in [1.165, 1.54) is 0 Å². The zero-order valence-corrected chi connectivity index (χ0v) is 9.86. The predicted molar refractivity (Wildman–Crippen MR) is 61.4 cm³/mol. The maximum atomic E-state index is 11.9. The van der Waals surface area contributed by atoms with Crippen LogP contribution in [0.4, 0.5) is 0 Å². The van der Waals surface area contributed by atoms with Crippen molar-refractivity contribution in [2.45, 2.75) is 33.6 Å². The number of carbonyl (C=O) groups is 1. The van der Waals surface area contributed by atoms with Crippen LogP contribution in [0.1, 0.15) is 33.6 Å². The Bertz CT molecular complexity index is 261. The number of carbonyl (C=O) groups excluding carboxylic acids is 1. The van der Waals surface area contributed by atoms with Gasteiger partial charge in [-0.25, -0.2) is 5.01 Å². The highest BCUT2D eigenvalue weighted by Gasteiger charge is 2.32. The van der Waals surface area contributed by atoms with Crippen LogP contribution in [0, 0.1) is 11.8 Å². The third-order valence-electron chi connectivity index (χ3n) is 2.57. The van der Waals surface area contributed by atoms with E-state index in [-0.39, 0.29) is 11.8 Å². The molecular weight excluding hydrogens is 190 g/mol. The monoisotopic (exact) mass is 211 g/mol. The van der Waals surface area contributed by atoms with Gasteiger partial charge in [-0.1, -0.05) is 13.8 Å². The molecule has 1 rings (SSSR count). The normalized spacial score (nSPS) is 21.4. The Kier molecular flexibility index (Phi) is 4.27. The molecule has 0 aromatic carbocycles. The lowest BCUT2D eigenvalue weighted by atomic mass is 9.98. The van der Waals surface area contributed by atoms with Crippen molar-refractivity contribution >= 4 is 11.6 Å². The molecule has 0 aliphatic carbocycles. The maximum Gasteiger partial charge on any atom is 0.251 e. The lowest BCUT2D eigenvalue weighted by molar-refractivity contribution is -0.132. The third kappa shape index (κ3) is 3.02. The number of hydrogen-bond donors (Lipinski definition) is 1. The molecule has 1 aliphatic heterocycles. The van der Waals surface area contributed by atoms with Gasteiger partial charge in [-0.2, -0.15) is 5.10 Å². The largest absolute Gasteiger partial charge is 0.330 e. The fourth-order valence-electron chi connectivity index (χ4n) is 1.80. The van der Waals surface area contributed by atoms with E-state index in [0.717, 1.165) is 25.1 Å². The predicted octanol–water partition coefficient (Wildman–Crippen LogP) is 1.22. The Hall–Kier alpha value is -0.900. The van der Waals surface area contributed by atoms with Crippen molar-refractivity contribution in [3.8, 4) is 0 Å². The minimum absolute atomic E-state index is 0.0210. The van der Waals surface area contributed by atoms with Crippen LogP contribution >= 0.6 is 0 Å². The van der Waals surface area contributed by atoms with Crippen LogP contribution < -0.4 is 5.73 Å². The van der Waals surface area contributed by atoms with E-state index in [2.05, 4.69) is 18.9 Å². The molecule has 86 valence electrons. The Morgan fingerprint density at radius 1 is 1.53 bits per heavy atom. The van der Waals surface area contributed by atoms with Gasteiger partial charge in [0.2, 0.25) is 0 Å². The zero-order valence-electron chi connectivity index (χ0n) is 9.86. The van der Waals surface area contributed by atoms with Crippen molar-refractivity contribution in [1.82, 2.24) is 5.01 Å². The molecule has 1 amide bonds. The van der Waals surface area contributed by atoms with Gasteiger partial charge in [0.25, 0.3) is 5.91 Å². The smallest absolute Gasteiger partial charge is 0.251 e. The lowest BCUT2D eigenvalue weighted by Crippen LogP contribution is -2.30. The molecule has 0 radical (unpaired) electrons. The van der Waals surface area contributed by atoms with Crippen molar-refractivity contribution < 1.29 is 4.79 Å². The molecule has 0 saturated carbocycles. The van der Waals surface area contributed by atoms with Crippen LogP contribution in [0.2, 0.25) is 0 Å². The molecule has 0 aromatic rings. The molecular formula is C11H21N3O. The van der Waals surface area contributed by atoms with Crippen LogP contribution in [0.3, 0.4) is 0 Å². The van der Waals surface area contributed by atoms with Gasteiger partial charge in [0, 0.05) is 12.3 Å². The number of amides is 1. The third-order valence-corrected chi connectivity index (χ3v) is 2.57. The van der Waals surface area contributed by atoms with Gasteiger partial charge in [0.05, 0.1) is 5.92 Å². The van der Waals surface area contributed by atoms with Crippen LogP contribution in [0.15, 0.2) is 5.10 Å². The van der Waals surface area contributed by atoms with Crippen molar-refractivity contribution in [2.75, 3.05) is 13.1 Å². The Morgan fingerprint density at radius 3 is 2.73 bits per heavy atom. The molecule has 0 aromatic heterocycles. The maximum absolute atomic E-state index is 11.9. The second-order valence-corrected chi connectivity index (χ2v) is 4.54. The molecule has 4 nitrogen and oxygen atoms in total. The molecule has 2 N–H and O–H groups in total. The fraction of sp³-hybridized carbons (Fsp3) is 0.818. The number of nitrogens with two attached hydrogens (primary N) is 1. The van der Waals surface area contributed by atoms with Gasteiger partial charge in [0.15, 0.2) is 0 Å². The standard InChI is InChI=1S/C11H21N3O/c1-8(2)7-14-11(15)10(5-4-6-12)9(3)13-14/h8,10H,4-7,12H2,1-3H3. The molecule has 4 heteroatoms. The first kappa shape index (κ1) is 12.2. The van der Waals surface area contributed by atoms with Crippen molar-refractivity contribution in [2.24, 2.45) is 22.7 Å². The number of rotatable bonds is 5. The van der Waals surface area contributed by atoms with E-state index >= 15 is 0 Å². The minimum Gasteiger partial charge on any atom is -0.330 e. The Morgan fingerprint density at radius 2 is 2.20 bits per heavy atom. The van der Waals surface area contributed by atoms with E-state index < -0.39 is 0 Å². The summed E-state index contributed by atoms with van der Waals surface area (Å²) in [5.41, 5.74) is 6.39. The van der Waals surface area contributed by atoms with Gasteiger partial charge in [-0.05, 0) is 32.2 Å². The molecule has 0 fully saturated rings. The van der Waals surface area contributed by atoms with E-state index in [4.69, 9.17) is 5.73 Å². The average molecular weight is 211 g/mol. The molecule has 1 atom stereocenters. The highest BCUT2D eigenvalue weighted by atomic mass is 16.2. The first-order valence-corrected chi connectivity index (χ1v) is 5.62. The lowest BCUT2D eigenvalue weighted by Gasteiger charge is -2.16. The minimum atomic E-state index is -0.0210. The number of nitrogens with zero attached hydrogens (tertiary/aromatic N) is 2. The number of hydrazone groups is 1. The van der Waals surface area contributed by atoms with Gasteiger partial charge < -0.3 is 5.73 Å². The van der Waals surface area contributed by atoms with Crippen molar-refractivity contribution in [3.63, 3.8) is 0 Å². The summed E-state index contributed by atoms with van der Waals surface area (Å²) in [6.45, 7) is 7.46. The summed E-state index contributed by atoms with van der Waals surface area (Å²) < 4.78 is 0. The summed E-state index contributed by atoms with van der Waals surface area (Å²) in [5, 5.41) is 5.92. The van der Waals surface area contributed by atoms with Crippen LogP contribution in [-0.4, -0.2) is 29.7 Å². The van der Waals surface area contributed by atoms with E-state index in [0.29, 0.717) is 12.5 Å². The van der Waals surface area contributed by atoms with Gasteiger partial charge in [-0.15, -0.1) is 0 Å². The highest BCUT2D eigenvalue weighted by Crippen LogP contribution is 2.20. The highest BCUT2D eigenvalue weighted by molar-refractivity contribution is 6.06. The van der Waals surface area contributed by atoms with E-state index in [1.54, 1.807) is 5.01 Å². The summed E-state index contributed by atoms with van der Waals surface area (Å²) in [6.07, 6.45) is 1.72. The Balaban J connectivity index is 2.57. The van der Waals surface area contributed by atoms with Gasteiger partial charge in [0.1, 0.15) is 0 Å². The molecule has 1 aliphatic rings. The van der Waals surface area contributed by atoms with Crippen molar-refractivity contribution in [1.29, 1.82) is 0 Å². The summed E-state index contributed by atoms with van der Waals surface area (Å²) in [7, 11) is 0. The first-order valence-electron chi connectivity index (χ1n) is 5.62. The molecule has 1 unspecified atom stereocenters. The van der Waals surface area contributed by atoms with E-state index in [9.17, 15) is 4.79 Å². The SMILES string of the molecule is CC1=NN(CC(C)C)C(=O)C1CCCN. The first-order chi connectivity index (χ1) is 7.06. The molecule has 0 spiro atoms. The molecule has 0 saturated heterocycles. The fourth-order valence-corrected chi connectivity index (χ4v) is 1.80. The van der Waals surface area contributed by atoms with Gasteiger partial charge in [-0.3, -0.25) is 4.79 Å². The topological polar surface area (TPSA) is 58.7 Å². The summed E-state index contributed by atoms with van der Waals surface area (Å²) >= 11 is 0. The van der Waals surface area contributed by atoms with Crippen LogP contribution in [0.5, 0.6) is 0 Å². The summed E-state index contributed by atoms with van der Waals surface area (Å²) in [4.78, 5) is 11.9. The van der Waals surface area contributed by atoms with Crippen LogP contribution in [0.25, 0.3) is 0 Å². The molecule has 0 bridgehead atoms. The van der Waals surface area contributed by atoms with Crippen molar-refractivity contribution in [3.05, 3.63) is 0 Å². The summed E-state index contributed by atoms with van der Waals surface area (Å²) in [6, 6.07) is 0.